The molecule has 0 aliphatic carbocycles. The summed E-state index contributed by atoms with van der Waals surface area (Å²) in [6.45, 7) is 0.616. The normalized spacial score (nSPS) is 18.2. The van der Waals surface area contributed by atoms with Gasteiger partial charge in [0.15, 0.2) is 6.04 Å². The van der Waals surface area contributed by atoms with Crippen LogP contribution in [0.4, 0.5) is 0 Å². The molecular weight excluding hydrogens is 288 g/mol. The standard InChI is InChI=1S/C14H14N4O4/c19-13(17-7-8-22-9-12(17)14(20)21)10-1-3-11(4-2-10)18-6-5-15-16-18/h1-6,12H,7-9H2,(H,20,21)/t12-/m1/s1. The van der Waals surface area contributed by atoms with Crippen molar-refractivity contribution in [2.45, 2.75) is 6.04 Å². The quantitative estimate of drug-likeness (QED) is 0.869. The molecule has 2 heterocycles. The molecule has 1 N–H and O–H groups in total. The van der Waals surface area contributed by atoms with Crippen LogP contribution in [0.15, 0.2) is 36.7 Å². The molecule has 0 unspecified atom stereocenters. The van der Waals surface area contributed by atoms with E-state index in [4.69, 9.17) is 4.74 Å². The van der Waals surface area contributed by atoms with E-state index in [2.05, 4.69) is 10.3 Å². The molecule has 3 rings (SSSR count). The van der Waals surface area contributed by atoms with Gasteiger partial charge in [0.2, 0.25) is 0 Å². The Bertz CT molecular complexity index is 669. The van der Waals surface area contributed by atoms with Crippen LogP contribution in [0.25, 0.3) is 5.69 Å². The van der Waals surface area contributed by atoms with Gasteiger partial charge in [-0.25, -0.2) is 9.48 Å². The number of benzene rings is 1. The third kappa shape index (κ3) is 2.68. The highest BCUT2D eigenvalue weighted by atomic mass is 16.5. The first-order valence-electron chi connectivity index (χ1n) is 6.75. The van der Waals surface area contributed by atoms with Crippen LogP contribution in [-0.4, -0.2) is 62.7 Å². The lowest BCUT2D eigenvalue weighted by atomic mass is 10.1. The number of carboxylic acid groups (broad SMARTS) is 1. The molecule has 22 heavy (non-hydrogen) atoms. The summed E-state index contributed by atoms with van der Waals surface area (Å²) in [7, 11) is 0. The molecule has 1 saturated heterocycles. The maximum atomic E-state index is 12.5. The van der Waals surface area contributed by atoms with E-state index in [0.717, 1.165) is 5.69 Å². The molecule has 1 aliphatic rings. The minimum Gasteiger partial charge on any atom is -0.480 e. The Kier molecular flexibility index (Phi) is 3.84. The van der Waals surface area contributed by atoms with Crippen LogP contribution in [0.1, 0.15) is 10.4 Å². The van der Waals surface area contributed by atoms with Crippen molar-refractivity contribution >= 4 is 11.9 Å². The van der Waals surface area contributed by atoms with E-state index in [9.17, 15) is 14.7 Å². The molecule has 1 aromatic carbocycles. The van der Waals surface area contributed by atoms with Crippen molar-refractivity contribution in [2.75, 3.05) is 19.8 Å². The zero-order valence-corrected chi connectivity index (χ0v) is 11.6. The molecular formula is C14H14N4O4. The molecule has 114 valence electrons. The van der Waals surface area contributed by atoms with Crippen molar-refractivity contribution < 1.29 is 19.4 Å². The number of hydrogen-bond donors (Lipinski definition) is 1. The van der Waals surface area contributed by atoms with Gasteiger partial charge >= 0.3 is 5.97 Å². The van der Waals surface area contributed by atoms with Crippen LogP contribution >= 0.6 is 0 Å². The summed E-state index contributed by atoms with van der Waals surface area (Å²) in [5.74, 6) is -1.38. The fourth-order valence-electron chi connectivity index (χ4n) is 2.32. The molecule has 0 spiro atoms. The zero-order valence-electron chi connectivity index (χ0n) is 11.6. The first kappa shape index (κ1) is 14.2. The van der Waals surface area contributed by atoms with Gasteiger partial charge in [0.25, 0.3) is 5.91 Å². The number of ether oxygens (including phenoxy) is 1. The number of aliphatic carboxylic acids is 1. The Morgan fingerprint density at radius 2 is 2.05 bits per heavy atom. The topological polar surface area (TPSA) is 97.6 Å². The second-order valence-electron chi connectivity index (χ2n) is 4.82. The zero-order chi connectivity index (χ0) is 15.5. The number of carbonyl (C=O) groups is 2. The smallest absolute Gasteiger partial charge is 0.328 e. The Balaban J connectivity index is 1.81. The number of morpholine rings is 1. The number of amides is 1. The molecule has 8 nitrogen and oxygen atoms in total. The Morgan fingerprint density at radius 1 is 1.27 bits per heavy atom. The van der Waals surface area contributed by atoms with E-state index < -0.39 is 12.0 Å². The van der Waals surface area contributed by atoms with Crippen molar-refractivity contribution in [1.82, 2.24) is 19.9 Å². The van der Waals surface area contributed by atoms with Gasteiger partial charge in [0.1, 0.15) is 0 Å². The Morgan fingerprint density at radius 3 is 2.68 bits per heavy atom. The highest BCUT2D eigenvalue weighted by Gasteiger charge is 2.33. The van der Waals surface area contributed by atoms with Crippen LogP contribution in [-0.2, 0) is 9.53 Å². The average Bonchev–Trinajstić information content (AvgIpc) is 3.09. The molecule has 0 saturated carbocycles. The van der Waals surface area contributed by atoms with E-state index in [1.165, 1.54) is 4.90 Å². The van der Waals surface area contributed by atoms with Crippen molar-refractivity contribution in [1.29, 1.82) is 0 Å². The Hall–Kier alpha value is -2.74. The third-order valence-electron chi connectivity index (χ3n) is 3.48. The van der Waals surface area contributed by atoms with Gasteiger partial charge < -0.3 is 14.7 Å². The van der Waals surface area contributed by atoms with Gasteiger partial charge in [-0.2, -0.15) is 0 Å². The lowest BCUT2D eigenvalue weighted by Crippen LogP contribution is -2.52. The van der Waals surface area contributed by atoms with E-state index in [-0.39, 0.29) is 19.1 Å². The van der Waals surface area contributed by atoms with Crippen LogP contribution in [0, 0.1) is 0 Å². The lowest BCUT2D eigenvalue weighted by Gasteiger charge is -2.32. The monoisotopic (exact) mass is 302 g/mol. The molecule has 1 fully saturated rings. The van der Waals surface area contributed by atoms with E-state index >= 15 is 0 Å². The summed E-state index contributed by atoms with van der Waals surface area (Å²) in [5, 5.41) is 16.8. The van der Waals surface area contributed by atoms with E-state index in [1.807, 2.05) is 0 Å². The summed E-state index contributed by atoms with van der Waals surface area (Å²) in [5.41, 5.74) is 1.20. The van der Waals surface area contributed by atoms with Crippen LogP contribution < -0.4 is 0 Å². The van der Waals surface area contributed by atoms with Gasteiger partial charge in [0.05, 0.1) is 31.3 Å². The summed E-state index contributed by atoms with van der Waals surface area (Å²) in [6, 6.07) is 5.81. The fourth-order valence-corrected chi connectivity index (χ4v) is 2.32. The molecule has 1 aromatic heterocycles. The lowest BCUT2D eigenvalue weighted by molar-refractivity contribution is -0.147. The summed E-state index contributed by atoms with van der Waals surface area (Å²) in [6.07, 6.45) is 3.25. The highest BCUT2D eigenvalue weighted by molar-refractivity contribution is 5.96. The summed E-state index contributed by atoms with van der Waals surface area (Å²) in [4.78, 5) is 25.0. The predicted octanol–water partition coefficient (Wildman–Crippen LogP) is 0.193. The molecule has 2 aromatic rings. The first-order chi connectivity index (χ1) is 10.7. The minimum atomic E-state index is -1.06. The molecule has 0 radical (unpaired) electrons. The van der Waals surface area contributed by atoms with E-state index in [1.54, 1.807) is 41.3 Å². The average molecular weight is 302 g/mol. The predicted molar refractivity (Wildman–Crippen MR) is 74.6 cm³/mol. The maximum Gasteiger partial charge on any atom is 0.328 e. The molecule has 8 heteroatoms. The number of carboxylic acids is 1. The third-order valence-corrected chi connectivity index (χ3v) is 3.48. The van der Waals surface area contributed by atoms with Crippen molar-refractivity contribution in [2.24, 2.45) is 0 Å². The van der Waals surface area contributed by atoms with Crippen LogP contribution in [0.3, 0.4) is 0 Å². The molecule has 1 atom stereocenters. The van der Waals surface area contributed by atoms with Crippen LogP contribution in [0.2, 0.25) is 0 Å². The molecule has 1 amide bonds. The van der Waals surface area contributed by atoms with Crippen molar-refractivity contribution in [3.05, 3.63) is 42.2 Å². The summed E-state index contributed by atoms with van der Waals surface area (Å²) >= 11 is 0. The first-order valence-corrected chi connectivity index (χ1v) is 6.75. The Labute approximate surface area is 125 Å². The van der Waals surface area contributed by atoms with Gasteiger partial charge in [-0.1, -0.05) is 5.21 Å². The van der Waals surface area contributed by atoms with Gasteiger partial charge in [-0.05, 0) is 24.3 Å². The highest BCUT2D eigenvalue weighted by Crippen LogP contribution is 2.15. The number of carbonyl (C=O) groups excluding carboxylic acids is 1. The number of aromatic nitrogens is 3. The maximum absolute atomic E-state index is 12.5. The van der Waals surface area contributed by atoms with Crippen molar-refractivity contribution in [3.8, 4) is 5.69 Å². The van der Waals surface area contributed by atoms with Crippen molar-refractivity contribution in [3.63, 3.8) is 0 Å². The second kappa shape index (κ2) is 5.94. The second-order valence-corrected chi connectivity index (χ2v) is 4.82. The van der Waals surface area contributed by atoms with E-state index in [0.29, 0.717) is 12.2 Å². The van der Waals surface area contributed by atoms with Gasteiger partial charge in [-0.3, -0.25) is 4.79 Å². The minimum absolute atomic E-state index is 0.0120. The van der Waals surface area contributed by atoms with Gasteiger partial charge in [0, 0.05) is 12.1 Å². The molecule has 0 bridgehead atoms. The number of nitrogens with zero attached hydrogens (tertiary/aromatic N) is 4. The van der Waals surface area contributed by atoms with Gasteiger partial charge in [-0.15, -0.1) is 5.10 Å². The largest absolute Gasteiger partial charge is 0.480 e. The number of rotatable bonds is 3. The summed E-state index contributed by atoms with van der Waals surface area (Å²) < 4.78 is 6.71. The fraction of sp³-hybridized carbons (Fsp3) is 0.286. The SMILES string of the molecule is O=C(O)[C@H]1COCCN1C(=O)c1ccc(-n2ccnn2)cc1. The van der Waals surface area contributed by atoms with Crippen LogP contribution in [0.5, 0.6) is 0 Å². The number of hydrogen-bond acceptors (Lipinski definition) is 5. The molecule has 1 aliphatic heterocycles.